The van der Waals surface area contributed by atoms with Gasteiger partial charge in [0, 0.05) is 39.8 Å². The van der Waals surface area contributed by atoms with Crippen molar-refractivity contribution in [1.82, 2.24) is 20.0 Å². The largest absolute Gasteiger partial charge is 0.348 e. The van der Waals surface area contributed by atoms with Crippen LogP contribution in [-0.4, -0.2) is 87.1 Å². The van der Waals surface area contributed by atoms with Crippen LogP contribution in [0.1, 0.15) is 25.7 Å². The molecule has 0 saturated carbocycles. The van der Waals surface area contributed by atoms with Gasteiger partial charge in [0.1, 0.15) is 0 Å². The Morgan fingerprint density at radius 1 is 1.19 bits per heavy atom. The van der Waals surface area contributed by atoms with E-state index in [9.17, 15) is 4.79 Å². The van der Waals surface area contributed by atoms with Crippen molar-refractivity contribution in [1.29, 1.82) is 0 Å². The van der Waals surface area contributed by atoms with Gasteiger partial charge in [0.05, 0.1) is 6.54 Å². The SMILES string of the molecule is CN1CCCC(CNC2CCN(CC(=O)N(C)C)CC2)C1. The number of carbonyl (C=O) groups excluding carboxylic acids is 1. The number of hydrogen-bond acceptors (Lipinski definition) is 4. The first kappa shape index (κ1) is 16.7. The smallest absolute Gasteiger partial charge is 0.236 e. The molecule has 2 aliphatic rings. The molecule has 0 aromatic heterocycles. The third kappa shape index (κ3) is 5.57. The van der Waals surface area contributed by atoms with Crippen molar-refractivity contribution in [3.05, 3.63) is 0 Å². The summed E-state index contributed by atoms with van der Waals surface area (Å²) in [4.78, 5) is 18.1. The fraction of sp³-hybridized carbons (Fsp3) is 0.938. The molecule has 5 heteroatoms. The van der Waals surface area contributed by atoms with Crippen LogP contribution < -0.4 is 5.32 Å². The number of nitrogens with zero attached hydrogens (tertiary/aromatic N) is 3. The minimum absolute atomic E-state index is 0.214. The van der Waals surface area contributed by atoms with E-state index >= 15 is 0 Å². The Hall–Kier alpha value is -0.650. The van der Waals surface area contributed by atoms with E-state index in [4.69, 9.17) is 0 Å². The predicted octanol–water partition coefficient (Wildman–Crippen LogP) is 0.470. The molecule has 2 rings (SSSR count). The summed E-state index contributed by atoms with van der Waals surface area (Å²) in [6.45, 7) is 6.32. The molecule has 1 amide bonds. The van der Waals surface area contributed by atoms with E-state index in [0.717, 1.165) is 25.6 Å². The van der Waals surface area contributed by atoms with Crippen molar-refractivity contribution >= 4 is 5.91 Å². The first-order valence-electron chi connectivity index (χ1n) is 8.39. The molecule has 1 atom stereocenters. The van der Waals surface area contributed by atoms with Crippen LogP contribution in [0.5, 0.6) is 0 Å². The lowest BCUT2D eigenvalue weighted by Gasteiger charge is -2.35. The lowest BCUT2D eigenvalue weighted by molar-refractivity contribution is -0.130. The number of likely N-dealkylation sites (N-methyl/N-ethyl adjacent to an activating group) is 1. The van der Waals surface area contributed by atoms with Crippen LogP contribution in [0.3, 0.4) is 0 Å². The Kier molecular flexibility index (Phi) is 6.45. The Labute approximate surface area is 129 Å². The maximum atomic E-state index is 11.7. The second-order valence-electron chi connectivity index (χ2n) is 7.02. The molecule has 1 unspecified atom stereocenters. The summed E-state index contributed by atoms with van der Waals surface area (Å²) in [5, 5.41) is 3.76. The molecule has 0 bridgehead atoms. The topological polar surface area (TPSA) is 38.8 Å². The monoisotopic (exact) mass is 296 g/mol. The van der Waals surface area contributed by atoms with Gasteiger partial charge in [-0.1, -0.05) is 0 Å². The maximum Gasteiger partial charge on any atom is 0.236 e. The van der Waals surface area contributed by atoms with Gasteiger partial charge >= 0.3 is 0 Å². The van der Waals surface area contributed by atoms with E-state index in [1.165, 1.54) is 38.8 Å². The summed E-state index contributed by atoms with van der Waals surface area (Å²) < 4.78 is 0. The second kappa shape index (κ2) is 8.11. The fourth-order valence-corrected chi connectivity index (χ4v) is 3.40. The number of nitrogens with one attached hydrogen (secondary N) is 1. The van der Waals surface area contributed by atoms with Gasteiger partial charge in [-0.05, 0) is 51.7 Å². The van der Waals surface area contributed by atoms with E-state index in [2.05, 4.69) is 22.2 Å². The quantitative estimate of drug-likeness (QED) is 0.800. The highest BCUT2D eigenvalue weighted by molar-refractivity contribution is 5.77. The van der Waals surface area contributed by atoms with Gasteiger partial charge < -0.3 is 15.1 Å². The highest BCUT2D eigenvalue weighted by Crippen LogP contribution is 2.16. The summed E-state index contributed by atoms with van der Waals surface area (Å²) in [7, 11) is 5.89. The van der Waals surface area contributed by atoms with Gasteiger partial charge in [0.25, 0.3) is 0 Å². The number of carbonyl (C=O) groups is 1. The summed E-state index contributed by atoms with van der Waals surface area (Å²) in [6, 6.07) is 0.642. The number of hydrogen-bond donors (Lipinski definition) is 1. The fourth-order valence-electron chi connectivity index (χ4n) is 3.40. The van der Waals surface area contributed by atoms with Crippen LogP contribution >= 0.6 is 0 Å². The third-order valence-electron chi connectivity index (χ3n) is 4.86. The Morgan fingerprint density at radius 3 is 2.52 bits per heavy atom. The van der Waals surface area contributed by atoms with Crippen LogP contribution in [0, 0.1) is 5.92 Å². The van der Waals surface area contributed by atoms with E-state index in [-0.39, 0.29) is 5.91 Å². The van der Waals surface area contributed by atoms with Crippen molar-refractivity contribution in [3.8, 4) is 0 Å². The molecule has 21 heavy (non-hydrogen) atoms. The summed E-state index contributed by atoms with van der Waals surface area (Å²) >= 11 is 0. The van der Waals surface area contributed by atoms with Gasteiger partial charge in [0.2, 0.25) is 5.91 Å². The Bertz CT molecular complexity index is 326. The summed E-state index contributed by atoms with van der Waals surface area (Å²) in [6.07, 6.45) is 5.05. The molecular formula is C16H32N4O. The van der Waals surface area contributed by atoms with E-state index in [1.54, 1.807) is 4.90 Å². The average molecular weight is 296 g/mol. The molecule has 2 fully saturated rings. The lowest BCUT2D eigenvalue weighted by atomic mass is 9.97. The summed E-state index contributed by atoms with van der Waals surface area (Å²) in [5.74, 6) is 1.03. The molecule has 5 nitrogen and oxygen atoms in total. The normalized spacial score (nSPS) is 26.0. The number of rotatable bonds is 5. The molecule has 0 aromatic carbocycles. The highest BCUT2D eigenvalue weighted by atomic mass is 16.2. The van der Waals surface area contributed by atoms with Crippen LogP contribution in [-0.2, 0) is 4.79 Å². The molecule has 0 radical (unpaired) electrons. The molecule has 122 valence electrons. The zero-order chi connectivity index (χ0) is 15.2. The van der Waals surface area contributed by atoms with E-state index in [0.29, 0.717) is 12.6 Å². The van der Waals surface area contributed by atoms with E-state index in [1.807, 2.05) is 14.1 Å². The Morgan fingerprint density at radius 2 is 1.90 bits per heavy atom. The zero-order valence-corrected chi connectivity index (χ0v) is 14.0. The minimum atomic E-state index is 0.214. The molecule has 0 spiro atoms. The highest BCUT2D eigenvalue weighted by Gasteiger charge is 2.23. The molecule has 2 saturated heterocycles. The number of piperidine rings is 2. The molecule has 0 aromatic rings. The van der Waals surface area contributed by atoms with Crippen LogP contribution in [0.15, 0.2) is 0 Å². The summed E-state index contributed by atoms with van der Waals surface area (Å²) in [5.41, 5.74) is 0. The van der Waals surface area contributed by atoms with Crippen molar-refractivity contribution in [2.75, 3.05) is 60.4 Å². The molecular weight excluding hydrogens is 264 g/mol. The van der Waals surface area contributed by atoms with Gasteiger partial charge in [0.15, 0.2) is 0 Å². The second-order valence-corrected chi connectivity index (χ2v) is 7.02. The van der Waals surface area contributed by atoms with Crippen LogP contribution in [0.25, 0.3) is 0 Å². The van der Waals surface area contributed by atoms with Crippen molar-refractivity contribution in [3.63, 3.8) is 0 Å². The molecule has 2 heterocycles. The van der Waals surface area contributed by atoms with Crippen molar-refractivity contribution < 1.29 is 4.79 Å². The third-order valence-corrected chi connectivity index (χ3v) is 4.86. The van der Waals surface area contributed by atoms with E-state index < -0.39 is 0 Å². The molecule has 0 aliphatic carbocycles. The van der Waals surface area contributed by atoms with Crippen LogP contribution in [0.2, 0.25) is 0 Å². The van der Waals surface area contributed by atoms with Gasteiger partial charge in [-0.15, -0.1) is 0 Å². The van der Waals surface area contributed by atoms with Gasteiger partial charge in [-0.25, -0.2) is 0 Å². The molecule has 1 N–H and O–H groups in total. The predicted molar refractivity (Wildman–Crippen MR) is 86.4 cm³/mol. The number of likely N-dealkylation sites (tertiary alicyclic amines) is 2. The van der Waals surface area contributed by atoms with Gasteiger partial charge in [-0.3, -0.25) is 9.69 Å². The van der Waals surface area contributed by atoms with Gasteiger partial charge in [-0.2, -0.15) is 0 Å². The first-order chi connectivity index (χ1) is 10.0. The van der Waals surface area contributed by atoms with Crippen LogP contribution in [0.4, 0.5) is 0 Å². The maximum absolute atomic E-state index is 11.7. The Balaban J connectivity index is 1.61. The average Bonchev–Trinajstić information content (AvgIpc) is 2.46. The van der Waals surface area contributed by atoms with Crippen molar-refractivity contribution in [2.45, 2.75) is 31.7 Å². The number of amides is 1. The standard InChI is InChI=1S/C16H32N4O/c1-18(2)16(21)13-20-9-6-15(7-10-20)17-11-14-5-4-8-19(3)12-14/h14-15,17H,4-13H2,1-3H3. The molecule has 2 aliphatic heterocycles. The first-order valence-corrected chi connectivity index (χ1v) is 8.39. The lowest BCUT2D eigenvalue weighted by Crippen LogP contribution is -2.47. The zero-order valence-electron chi connectivity index (χ0n) is 14.0. The van der Waals surface area contributed by atoms with Crippen molar-refractivity contribution in [2.24, 2.45) is 5.92 Å². The minimum Gasteiger partial charge on any atom is -0.348 e.